The van der Waals surface area contributed by atoms with Crippen LogP contribution in [-0.2, 0) is 0 Å². The van der Waals surface area contributed by atoms with Crippen LogP contribution in [0.4, 0.5) is 0 Å². The maximum Gasteiger partial charge on any atom is 0.127 e. The lowest BCUT2D eigenvalue weighted by molar-refractivity contribution is 0.242. The molecule has 33 heavy (non-hydrogen) atoms. The number of ether oxygens (including phenoxy) is 3. The van der Waals surface area contributed by atoms with E-state index in [2.05, 4.69) is 50.2 Å². The summed E-state index contributed by atoms with van der Waals surface area (Å²) in [6.07, 6.45) is 0.150. The summed E-state index contributed by atoms with van der Waals surface area (Å²) in [5.74, 6) is 4.44. The minimum absolute atomic E-state index is 0.150. The van der Waals surface area contributed by atoms with Crippen LogP contribution in [0.3, 0.4) is 0 Å². The number of benzene rings is 4. The van der Waals surface area contributed by atoms with Gasteiger partial charge in [0.05, 0.1) is 6.10 Å². The minimum atomic E-state index is 0.150. The quantitative estimate of drug-likeness (QED) is 0.275. The highest BCUT2D eigenvalue weighted by atomic mass is 16.5. The Balaban J connectivity index is 1.35. The molecule has 0 amide bonds. The summed E-state index contributed by atoms with van der Waals surface area (Å²) in [7, 11) is 0. The molecule has 0 aliphatic carbocycles. The fourth-order valence-corrected chi connectivity index (χ4v) is 3.48. The monoisotopic (exact) mass is 438 g/mol. The first kappa shape index (κ1) is 22.5. The van der Waals surface area contributed by atoms with Crippen LogP contribution in [0, 0.1) is 0 Å². The van der Waals surface area contributed by atoms with Gasteiger partial charge in [0.15, 0.2) is 0 Å². The van der Waals surface area contributed by atoms with Crippen molar-refractivity contribution in [1.82, 2.24) is 0 Å². The zero-order chi connectivity index (χ0) is 23.2. The van der Waals surface area contributed by atoms with Crippen LogP contribution in [0.25, 0.3) is 11.1 Å². The summed E-state index contributed by atoms with van der Waals surface area (Å²) in [5, 5.41) is 0. The highest BCUT2D eigenvalue weighted by Crippen LogP contribution is 2.30. The second kappa shape index (κ2) is 10.3. The largest absolute Gasteiger partial charge is 0.491 e. The van der Waals surface area contributed by atoms with Crippen LogP contribution < -0.4 is 14.2 Å². The average molecular weight is 439 g/mol. The van der Waals surface area contributed by atoms with Crippen molar-refractivity contribution in [3.8, 4) is 39.9 Å². The maximum atomic E-state index is 6.01. The summed E-state index contributed by atoms with van der Waals surface area (Å²) in [6.45, 7) is 8.43. The van der Waals surface area contributed by atoms with Crippen molar-refractivity contribution < 1.29 is 14.2 Å². The van der Waals surface area contributed by atoms with Crippen molar-refractivity contribution in [2.45, 2.75) is 39.7 Å². The number of hydrogen-bond acceptors (Lipinski definition) is 3. The van der Waals surface area contributed by atoms with Gasteiger partial charge in [0, 0.05) is 0 Å². The third-order valence-corrected chi connectivity index (χ3v) is 5.26. The van der Waals surface area contributed by atoms with Crippen molar-refractivity contribution in [3.63, 3.8) is 0 Å². The third kappa shape index (κ3) is 6.17. The molecule has 0 aliphatic rings. The number of rotatable bonds is 8. The van der Waals surface area contributed by atoms with Gasteiger partial charge in [-0.15, -0.1) is 0 Å². The van der Waals surface area contributed by atoms with E-state index in [4.69, 9.17) is 14.2 Å². The smallest absolute Gasteiger partial charge is 0.127 e. The van der Waals surface area contributed by atoms with Gasteiger partial charge in [-0.1, -0.05) is 50.2 Å². The van der Waals surface area contributed by atoms with E-state index in [1.807, 2.05) is 74.5 Å². The molecule has 4 rings (SSSR count). The molecule has 3 nitrogen and oxygen atoms in total. The highest BCUT2D eigenvalue weighted by molar-refractivity contribution is 5.64. The Morgan fingerprint density at radius 3 is 1.12 bits per heavy atom. The fraction of sp³-hybridized carbons (Fsp3) is 0.200. The zero-order valence-corrected chi connectivity index (χ0v) is 19.6. The van der Waals surface area contributed by atoms with Crippen LogP contribution in [-0.4, -0.2) is 6.10 Å². The molecular formula is C30H30O3. The van der Waals surface area contributed by atoms with Crippen molar-refractivity contribution in [2.24, 2.45) is 0 Å². The topological polar surface area (TPSA) is 27.7 Å². The molecule has 0 spiro atoms. The van der Waals surface area contributed by atoms with E-state index in [1.54, 1.807) is 0 Å². The minimum Gasteiger partial charge on any atom is -0.491 e. The summed E-state index contributed by atoms with van der Waals surface area (Å²) < 4.78 is 17.6. The van der Waals surface area contributed by atoms with Gasteiger partial charge in [0.25, 0.3) is 0 Å². The Kier molecular flexibility index (Phi) is 6.99. The molecule has 3 heteroatoms. The lowest BCUT2D eigenvalue weighted by Gasteiger charge is -2.11. The second-order valence-corrected chi connectivity index (χ2v) is 8.61. The van der Waals surface area contributed by atoms with Crippen molar-refractivity contribution in [2.75, 3.05) is 0 Å². The molecule has 0 heterocycles. The van der Waals surface area contributed by atoms with E-state index >= 15 is 0 Å². The third-order valence-electron chi connectivity index (χ3n) is 5.26. The van der Waals surface area contributed by atoms with E-state index in [-0.39, 0.29) is 6.10 Å². The predicted octanol–water partition coefficient (Wildman–Crippen LogP) is 8.85. The second-order valence-electron chi connectivity index (χ2n) is 8.61. The molecule has 0 aromatic heterocycles. The van der Waals surface area contributed by atoms with E-state index in [0.29, 0.717) is 5.92 Å². The zero-order valence-electron chi connectivity index (χ0n) is 19.6. The van der Waals surface area contributed by atoms with Gasteiger partial charge in [-0.25, -0.2) is 0 Å². The van der Waals surface area contributed by atoms with Crippen LogP contribution in [0.15, 0.2) is 97.1 Å². The SMILES string of the molecule is CC(C)Oc1ccc(Oc2ccc(Oc3ccc(-c4ccc(C(C)C)cc4)cc3)cc2)cc1. The first-order valence-corrected chi connectivity index (χ1v) is 11.4. The van der Waals surface area contributed by atoms with Gasteiger partial charge in [0.2, 0.25) is 0 Å². The summed E-state index contributed by atoms with van der Waals surface area (Å²) in [6, 6.07) is 32.2. The van der Waals surface area contributed by atoms with Crippen LogP contribution in [0.2, 0.25) is 0 Å². The van der Waals surface area contributed by atoms with Gasteiger partial charge in [0.1, 0.15) is 28.7 Å². The van der Waals surface area contributed by atoms with Crippen molar-refractivity contribution >= 4 is 0 Å². The van der Waals surface area contributed by atoms with E-state index in [9.17, 15) is 0 Å². The standard InChI is InChI=1S/C30H30O3/c1-21(2)23-5-7-24(8-6-23)25-9-11-27(12-10-25)32-29-17-19-30(20-18-29)33-28-15-13-26(14-16-28)31-22(3)4/h5-22H,1-4H3. The summed E-state index contributed by atoms with van der Waals surface area (Å²) in [4.78, 5) is 0. The predicted molar refractivity (Wildman–Crippen MR) is 135 cm³/mol. The van der Waals surface area contributed by atoms with E-state index in [0.717, 1.165) is 28.7 Å². The normalized spacial score (nSPS) is 11.0. The van der Waals surface area contributed by atoms with Crippen LogP contribution in [0.1, 0.15) is 39.2 Å². The molecule has 0 atom stereocenters. The molecule has 0 saturated carbocycles. The van der Waals surface area contributed by atoms with Gasteiger partial charge >= 0.3 is 0 Å². The van der Waals surface area contributed by atoms with E-state index in [1.165, 1.54) is 16.7 Å². The molecule has 0 unspecified atom stereocenters. The van der Waals surface area contributed by atoms with Crippen LogP contribution in [0.5, 0.6) is 28.7 Å². The van der Waals surface area contributed by atoms with Gasteiger partial charge in [-0.05, 0) is 97.1 Å². The molecule has 0 fully saturated rings. The lowest BCUT2D eigenvalue weighted by atomic mass is 9.99. The molecule has 0 aliphatic heterocycles. The van der Waals surface area contributed by atoms with Gasteiger partial charge in [-0.2, -0.15) is 0 Å². The lowest BCUT2D eigenvalue weighted by Crippen LogP contribution is -2.05. The molecule has 0 saturated heterocycles. The Labute approximate surface area is 196 Å². The first-order chi connectivity index (χ1) is 16.0. The molecule has 0 N–H and O–H groups in total. The molecule has 0 bridgehead atoms. The first-order valence-electron chi connectivity index (χ1n) is 11.4. The molecule has 168 valence electrons. The average Bonchev–Trinajstić information content (AvgIpc) is 2.82. The summed E-state index contributed by atoms with van der Waals surface area (Å²) >= 11 is 0. The molecule has 0 radical (unpaired) electrons. The Hall–Kier alpha value is -3.72. The Morgan fingerprint density at radius 1 is 0.424 bits per heavy atom. The number of hydrogen-bond donors (Lipinski definition) is 0. The van der Waals surface area contributed by atoms with E-state index < -0.39 is 0 Å². The Bertz CT molecular complexity index is 1140. The fourth-order valence-electron chi connectivity index (χ4n) is 3.48. The maximum absolute atomic E-state index is 6.01. The molecule has 4 aromatic rings. The van der Waals surface area contributed by atoms with Crippen molar-refractivity contribution in [3.05, 3.63) is 103 Å². The van der Waals surface area contributed by atoms with Crippen molar-refractivity contribution in [1.29, 1.82) is 0 Å². The molecule has 4 aromatic carbocycles. The molecular weight excluding hydrogens is 408 g/mol. The highest BCUT2D eigenvalue weighted by Gasteiger charge is 2.04. The van der Waals surface area contributed by atoms with Gasteiger partial charge < -0.3 is 14.2 Å². The van der Waals surface area contributed by atoms with Crippen LogP contribution >= 0.6 is 0 Å². The van der Waals surface area contributed by atoms with Gasteiger partial charge in [-0.3, -0.25) is 0 Å². The Morgan fingerprint density at radius 2 is 0.758 bits per heavy atom. The summed E-state index contributed by atoms with van der Waals surface area (Å²) in [5.41, 5.74) is 3.73.